The predicted molar refractivity (Wildman–Crippen MR) is 78.2 cm³/mol. The molecule has 96 valence electrons. The van der Waals surface area contributed by atoms with Crippen molar-refractivity contribution in [3.63, 3.8) is 0 Å². The molecule has 4 nitrogen and oxygen atoms in total. The molecule has 2 aromatic rings. The fourth-order valence-electron chi connectivity index (χ4n) is 2.17. The van der Waals surface area contributed by atoms with Crippen LogP contribution < -0.4 is 11.1 Å². The van der Waals surface area contributed by atoms with Crippen molar-refractivity contribution in [2.24, 2.45) is 0 Å². The van der Waals surface area contributed by atoms with Crippen LogP contribution in [0.25, 0.3) is 10.2 Å². The lowest BCUT2D eigenvalue weighted by Gasteiger charge is -2.17. The summed E-state index contributed by atoms with van der Waals surface area (Å²) in [5, 5.41) is 3.41. The summed E-state index contributed by atoms with van der Waals surface area (Å²) in [5.74, 6) is 0. The number of nitrogens with one attached hydrogen (secondary N) is 1. The van der Waals surface area contributed by atoms with Gasteiger partial charge in [0.2, 0.25) is 0 Å². The van der Waals surface area contributed by atoms with Gasteiger partial charge in [0.1, 0.15) is 5.52 Å². The zero-order valence-electron chi connectivity index (χ0n) is 10.5. The normalized spacial score (nSPS) is 15.4. The van der Waals surface area contributed by atoms with Crippen LogP contribution in [0.1, 0.15) is 12.8 Å². The van der Waals surface area contributed by atoms with Crippen molar-refractivity contribution in [2.45, 2.75) is 18.9 Å². The van der Waals surface area contributed by atoms with E-state index in [4.69, 9.17) is 5.73 Å². The number of likely N-dealkylation sites (N-methyl/N-ethyl adjacent to an activating group) is 1. The lowest BCUT2D eigenvalue weighted by Crippen LogP contribution is -2.27. The van der Waals surface area contributed by atoms with Crippen molar-refractivity contribution < 1.29 is 0 Å². The molecule has 3 N–H and O–H groups in total. The first-order valence-corrected chi connectivity index (χ1v) is 7.19. The third-order valence-electron chi connectivity index (χ3n) is 3.49. The van der Waals surface area contributed by atoms with Crippen molar-refractivity contribution in [1.82, 2.24) is 9.88 Å². The highest BCUT2D eigenvalue weighted by Crippen LogP contribution is 2.30. The molecule has 5 heteroatoms. The average molecular weight is 262 g/mol. The predicted octanol–water partition coefficient (Wildman–Crippen LogP) is 2.38. The van der Waals surface area contributed by atoms with Crippen LogP contribution in [0.2, 0.25) is 0 Å². The monoisotopic (exact) mass is 262 g/mol. The molecular weight excluding hydrogens is 244 g/mol. The highest BCUT2D eigenvalue weighted by Gasteiger charge is 2.25. The quantitative estimate of drug-likeness (QED) is 0.812. The molecule has 0 unspecified atom stereocenters. The van der Waals surface area contributed by atoms with Crippen LogP contribution in [0.5, 0.6) is 0 Å². The molecular formula is C13H18N4S. The van der Waals surface area contributed by atoms with Gasteiger partial charge in [0.25, 0.3) is 0 Å². The van der Waals surface area contributed by atoms with Crippen LogP contribution in [0.15, 0.2) is 17.6 Å². The zero-order chi connectivity index (χ0) is 12.5. The van der Waals surface area contributed by atoms with E-state index in [-0.39, 0.29) is 0 Å². The summed E-state index contributed by atoms with van der Waals surface area (Å²) < 4.78 is 1.15. The van der Waals surface area contributed by atoms with Gasteiger partial charge in [-0.2, -0.15) is 0 Å². The first-order valence-electron chi connectivity index (χ1n) is 6.31. The second-order valence-electron chi connectivity index (χ2n) is 4.86. The molecule has 1 aromatic carbocycles. The lowest BCUT2D eigenvalue weighted by atomic mass is 10.2. The molecule has 0 saturated heterocycles. The summed E-state index contributed by atoms with van der Waals surface area (Å²) in [6.45, 7) is 1.98. The highest BCUT2D eigenvalue weighted by atomic mass is 32.1. The Morgan fingerprint density at radius 3 is 3.11 bits per heavy atom. The Balaban J connectivity index is 1.64. The van der Waals surface area contributed by atoms with Gasteiger partial charge < -0.3 is 16.0 Å². The van der Waals surface area contributed by atoms with Gasteiger partial charge in [0.05, 0.1) is 21.6 Å². The fourth-order valence-corrected chi connectivity index (χ4v) is 2.86. The molecule has 0 radical (unpaired) electrons. The average Bonchev–Trinajstić information content (AvgIpc) is 3.10. The topological polar surface area (TPSA) is 54.2 Å². The first-order chi connectivity index (χ1) is 8.75. The van der Waals surface area contributed by atoms with E-state index in [9.17, 15) is 0 Å². The summed E-state index contributed by atoms with van der Waals surface area (Å²) in [6.07, 6.45) is 2.70. The van der Waals surface area contributed by atoms with Crippen molar-refractivity contribution in [3.05, 3.63) is 17.6 Å². The van der Waals surface area contributed by atoms with E-state index in [1.54, 1.807) is 11.3 Å². The summed E-state index contributed by atoms with van der Waals surface area (Å²) in [7, 11) is 2.19. The largest absolute Gasteiger partial charge is 0.395 e. The Bertz CT molecular complexity index is 547. The number of benzene rings is 1. The van der Waals surface area contributed by atoms with E-state index in [2.05, 4.69) is 28.3 Å². The summed E-state index contributed by atoms with van der Waals surface area (Å²) in [6, 6.07) is 4.94. The minimum absolute atomic E-state index is 0.767. The van der Waals surface area contributed by atoms with E-state index in [1.807, 2.05) is 11.6 Å². The van der Waals surface area contributed by atoms with Crippen molar-refractivity contribution in [1.29, 1.82) is 0 Å². The number of aromatic nitrogens is 1. The van der Waals surface area contributed by atoms with Gasteiger partial charge in [-0.05, 0) is 32.0 Å². The molecule has 1 aliphatic carbocycles. The molecule has 0 aliphatic heterocycles. The standard InChI is InChI=1S/C13H18N4S/c1-17(9-2-3-9)7-6-15-10-4-5-11-13(12(10)14)16-8-18-11/h4-5,8-9,15H,2-3,6-7,14H2,1H3. The maximum atomic E-state index is 6.12. The third-order valence-corrected chi connectivity index (χ3v) is 4.29. The van der Waals surface area contributed by atoms with E-state index >= 15 is 0 Å². The van der Waals surface area contributed by atoms with E-state index < -0.39 is 0 Å². The van der Waals surface area contributed by atoms with Gasteiger partial charge in [-0.25, -0.2) is 4.98 Å². The van der Waals surface area contributed by atoms with E-state index in [0.29, 0.717) is 0 Å². The van der Waals surface area contributed by atoms with Crippen molar-refractivity contribution in [3.8, 4) is 0 Å². The van der Waals surface area contributed by atoms with Crippen LogP contribution >= 0.6 is 11.3 Å². The fraction of sp³-hybridized carbons (Fsp3) is 0.462. The second-order valence-corrected chi connectivity index (χ2v) is 5.75. The number of hydrogen-bond acceptors (Lipinski definition) is 5. The smallest absolute Gasteiger partial charge is 0.106 e. The maximum absolute atomic E-state index is 6.12. The molecule has 1 aromatic heterocycles. The van der Waals surface area contributed by atoms with Gasteiger partial charge in [0, 0.05) is 19.1 Å². The number of thiazole rings is 1. The summed E-state index contributed by atoms with van der Waals surface area (Å²) in [5.41, 5.74) is 10.6. The van der Waals surface area contributed by atoms with Gasteiger partial charge in [-0.15, -0.1) is 11.3 Å². The molecule has 3 rings (SSSR count). The van der Waals surface area contributed by atoms with Gasteiger partial charge in [0.15, 0.2) is 0 Å². The zero-order valence-corrected chi connectivity index (χ0v) is 11.3. The Hall–Kier alpha value is -1.33. The van der Waals surface area contributed by atoms with Crippen LogP contribution in [0, 0.1) is 0 Å². The maximum Gasteiger partial charge on any atom is 0.106 e. The molecule has 0 atom stereocenters. The van der Waals surface area contributed by atoms with Gasteiger partial charge >= 0.3 is 0 Å². The molecule has 18 heavy (non-hydrogen) atoms. The summed E-state index contributed by atoms with van der Waals surface area (Å²) >= 11 is 1.62. The third kappa shape index (κ3) is 2.28. The second kappa shape index (κ2) is 4.74. The van der Waals surface area contributed by atoms with E-state index in [0.717, 1.165) is 40.7 Å². The Labute approximate surface area is 111 Å². The molecule has 0 spiro atoms. The lowest BCUT2D eigenvalue weighted by molar-refractivity contribution is 0.337. The number of anilines is 2. The van der Waals surface area contributed by atoms with Crippen LogP contribution in [0.3, 0.4) is 0 Å². The molecule has 0 bridgehead atoms. The van der Waals surface area contributed by atoms with E-state index in [1.165, 1.54) is 12.8 Å². The van der Waals surface area contributed by atoms with Gasteiger partial charge in [-0.3, -0.25) is 0 Å². The minimum atomic E-state index is 0.767. The Kier molecular flexibility index (Phi) is 3.09. The van der Waals surface area contributed by atoms with Gasteiger partial charge in [-0.1, -0.05) is 0 Å². The first kappa shape index (κ1) is 11.7. The summed E-state index contributed by atoms with van der Waals surface area (Å²) in [4.78, 5) is 6.71. The number of rotatable bonds is 5. The number of nitrogens with zero attached hydrogens (tertiary/aromatic N) is 2. The minimum Gasteiger partial charge on any atom is -0.395 e. The van der Waals surface area contributed by atoms with Crippen molar-refractivity contribution >= 4 is 32.9 Å². The molecule has 1 saturated carbocycles. The van der Waals surface area contributed by atoms with Crippen molar-refractivity contribution in [2.75, 3.05) is 31.2 Å². The highest BCUT2D eigenvalue weighted by molar-refractivity contribution is 7.16. The molecule has 1 aliphatic rings. The number of fused-ring (bicyclic) bond motifs is 1. The Morgan fingerprint density at radius 2 is 2.33 bits per heavy atom. The number of nitrogens with two attached hydrogens (primary N) is 1. The SMILES string of the molecule is CN(CCNc1ccc2scnc2c1N)C1CC1. The van der Waals surface area contributed by atoms with Crippen LogP contribution in [-0.4, -0.2) is 36.1 Å². The van der Waals surface area contributed by atoms with Crippen LogP contribution in [-0.2, 0) is 0 Å². The molecule has 1 fully saturated rings. The molecule has 1 heterocycles. The number of hydrogen-bond donors (Lipinski definition) is 2. The number of nitrogen functional groups attached to an aromatic ring is 1. The van der Waals surface area contributed by atoms with Crippen LogP contribution in [0.4, 0.5) is 11.4 Å². The molecule has 0 amide bonds. The Morgan fingerprint density at radius 1 is 1.50 bits per heavy atom.